The summed E-state index contributed by atoms with van der Waals surface area (Å²) in [6, 6.07) is 11.7. The number of furan rings is 1. The Morgan fingerprint density at radius 1 is 1.12 bits per heavy atom. The van der Waals surface area contributed by atoms with Crippen molar-refractivity contribution in [1.29, 1.82) is 0 Å². The lowest BCUT2D eigenvalue weighted by Gasteiger charge is -2.15. The number of ether oxygens (including phenoxy) is 2. The minimum atomic E-state index is -1.31. The Balaban J connectivity index is 1.75. The van der Waals surface area contributed by atoms with Crippen LogP contribution in [0.4, 0.5) is 0 Å². The van der Waals surface area contributed by atoms with Crippen LogP contribution in [0.2, 0.25) is 0 Å². The van der Waals surface area contributed by atoms with Crippen molar-refractivity contribution in [3.8, 4) is 5.75 Å². The van der Waals surface area contributed by atoms with Crippen molar-refractivity contribution in [3.63, 3.8) is 0 Å². The topological polar surface area (TPSA) is 105 Å². The highest BCUT2D eigenvalue weighted by atomic mass is 16.6. The van der Waals surface area contributed by atoms with Gasteiger partial charge in [-0.3, -0.25) is 0 Å². The van der Waals surface area contributed by atoms with Crippen LogP contribution in [0.5, 0.6) is 5.75 Å². The fraction of sp³-hybridized carbons (Fsp3) is 0.294. The molecule has 0 amide bonds. The van der Waals surface area contributed by atoms with E-state index in [0.717, 1.165) is 0 Å². The molecule has 7 nitrogen and oxygen atoms in total. The van der Waals surface area contributed by atoms with E-state index in [1.54, 1.807) is 29.6 Å². The van der Waals surface area contributed by atoms with Gasteiger partial charge in [0.1, 0.15) is 25.5 Å². The maximum atomic E-state index is 12.0. The Bertz CT molecular complexity index is 626. The maximum Gasteiger partial charge on any atom is 0.365 e. The van der Waals surface area contributed by atoms with Crippen LogP contribution < -0.4 is 15.2 Å². The van der Waals surface area contributed by atoms with E-state index in [4.69, 9.17) is 13.9 Å². The van der Waals surface area contributed by atoms with Crippen molar-refractivity contribution in [3.05, 3.63) is 54.5 Å². The molecule has 2 N–H and O–H groups in total. The number of carbonyl (C=O) groups is 2. The van der Waals surface area contributed by atoms with E-state index in [-0.39, 0.29) is 13.2 Å². The zero-order chi connectivity index (χ0) is 17.2. The molecule has 0 saturated heterocycles. The lowest BCUT2D eigenvalue weighted by Crippen LogP contribution is -2.91. The molecule has 0 aliphatic heterocycles. The number of benzene rings is 1. The molecule has 1 aromatic heterocycles. The van der Waals surface area contributed by atoms with Gasteiger partial charge in [0, 0.05) is 5.97 Å². The zero-order valence-electron chi connectivity index (χ0n) is 13.1. The van der Waals surface area contributed by atoms with Crippen LogP contribution in [-0.2, 0) is 20.9 Å². The molecule has 2 aromatic rings. The van der Waals surface area contributed by atoms with Crippen LogP contribution >= 0.6 is 0 Å². The second-order valence-electron chi connectivity index (χ2n) is 5.03. The van der Waals surface area contributed by atoms with Crippen molar-refractivity contribution >= 4 is 11.9 Å². The van der Waals surface area contributed by atoms with Crippen molar-refractivity contribution in [2.24, 2.45) is 0 Å². The number of nitrogens with two attached hydrogens (primary N) is 1. The standard InChI is InChI=1S/C17H19NO6/c19-16(20)11-15(18-12-14-7-4-8-22-14)17(21)24-10-9-23-13-5-2-1-3-6-13/h1-8,15,18H,9-12H2,(H,19,20)/t15-/m0/s1. The Morgan fingerprint density at radius 3 is 2.58 bits per heavy atom. The highest BCUT2D eigenvalue weighted by molar-refractivity contribution is 5.79. The molecule has 0 bridgehead atoms. The summed E-state index contributed by atoms with van der Waals surface area (Å²) < 4.78 is 15.6. The highest BCUT2D eigenvalue weighted by Gasteiger charge is 2.24. The van der Waals surface area contributed by atoms with Crippen LogP contribution in [0.1, 0.15) is 12.2 Å². The normalized spacial score (nSPS) is 11.7. The number of aliphatic carboxylic acids is 1. The smallest absolute Gasteiger partial charge is 0.365 e. The summed E-state index contributed by atoms with van der Waals surface area (Å²) in [5.74, 6) is -0.627. The number of carboxylic acids is 1. The van der Waals surface area contributed by atoms with Crippen molar-refractivity contribution < 1.29 is 33.9 Å². The van der Waals surface area contributed by atoms with Gasteiger partial charge in [0.25, 0.3) is 0 Å². The number of esters is 1. The molecule has 0 aliphatic rings. The van der Waals surface area contributed by atoms with Gasteiger partial charge in [-0.2, -0.15) is 0 Å². The summed E-state index contributed by atoms with van der Waals surface area (Å²) in [5.41, 5.74) is 0. The third-order valence-electron chi connectivity index (χ3n) is 3.21. The summed E-state index contributed by atoms with van der Waals surface area (Å²) in [6.07, 6.45) is 1.08. The number of para-hydroxylation sites is 1. The first-order chi connectivity index (χ1) is 11.6. The quantitative estimate of drug-likeness (QED) is 0.463. The lowest BCUT2D eigenvalue weighted by molar-refractivity contribution is -0.694. The average Bonchev–Trinajstić information content (AvgIpc) is 3.09. The van der Waals surface area contributed by atoms with E-state index < -0.39 is 24.4 Å². The van der Waals surface area contributed by atoms with Crippen molar-refractivity contribution in [2.45, 2.75) is 19.0 Å². The molecular formula is C17H19NO6. The van der Waals surface area contributed by atoms with Crippen LogP contribution in [0.15, 0.2) is 53.1 Å². The van der Waals surface area contributed by atoms with E-state index in [2.05, 4.69) is 0 Å². The van der Waals surface area contributed by atoms with Crippen LogP contribution in [0, 0.1) is 0 Å². The predicted molar refractivity (Wildman–Crippen MR) is 80.6 cm³/mol. The summed E-state index contributed by atoms with van der Waals surface area (Å²) in [4.78, 5) is 22.8. The molecule has 0 aliphatic carbocycles. The van der Waals surface area contributed by atoms with Gasteiger partial charge in [-0.1, -0.05) is 18.2 Å². The molecule has 1 atom stereocenters. The number of hydrogen-bond donors (Lipinski definition) is 1. The highest BCUT2D eigenvalue weighted by Crippen LogP contribution is 2.07. The first kappa shape index (κ1) is 17.6. The third-order valence-corrected chi connectivity index (χ3v) is 3.21. The van der Waals surface area contributed by atoms with E-state index in [0.29, 0.717) is 18.1 Å². The Kier molecular flexibility index (Phi) is 6.85. The van der Waals surface area contributed by atoms with E-state index in [9.17, 15) is 14.7 Å². The fourth-order valence-electron chi connectivity index (χ4n) is 2.06. The van der Waals surface area contributed by atoms with Gasteiger partial charge in [0.15, 0.2) is 11.8 Å². The minimum absolute atomic E-state index is 0.0336. The average molecular weight is 333 g/mol. The van der Waals surface area contributed by atoms with Gasteiger partial charge in [-0.25, -0.2) is 4.79 Å². The molecule has 2 rings (SSSR count). The summed E-state index contributed by atoms with van der Waals surface area (Å²) in [7, 11) is 0. The van der Waals surface area contributed by atoms with Gasteiger partial charge in [-0.05, 0) is 24.3 Å². The monoisotopic (exact) mass is 333 g/mol. The number of rotatable bonds is 10. The van der Waals surface area contributed by atoms with Crippen LogP contribution in [-0.4, -0.2) is 31.2 Å². The van der Waals surface area contributed by atoms with Crippen molar-refractivity contribution in [1.82, 2.24) is 0 Å². The Hall–Kier alpha value is -2.80. The number of carboxylic acid groups (broad SMARTS) is 1. The van der Waals surface area contributed by atoms with Crippen LogP contribution in [0.25, 0.3) is 0 Å². The predicted octanol–water partition coefficient (Wildman–Crippen LogP) is -0.526. The summed E-state index contributed by atoms with van der Waals surface area (Å²) >= 11 is 0. The first-order valence-corrected chi connectivity index (χ1v) is 7.55. The molecule has 24 heavy (non-hydrogen) atoms. The third kappa shape index (κ3) is 6.13. The van der Waals surface area contributed by atoms with Crippen LogP contribution in [0.3, 0.4) is 0 Å². The molecule has 0 spiro atoms. The van der Waals surface area contributed by atoms with Gasteiger partial charge in [-0.15, -0.1) is 0 Å². The van der Waals surface area contributed by atoms with E-state index >= 15 is 0 Å². The molecule has 128 valence electrons. The van der Waals surface area contributed by atoms with E-state index in [1.165, 1.54) is 6.26 Å². The maximum absolute atomic E-state index is 12.0. The molecule has 0 radical (unpaired) electrons. The van der Waals surface area contributed by atoms with Crippen molar-refractivity contribution in [2.75, 3.05) is 13.2 Å². The second kappa shape index (κ2) is 9.36. The molecule has 7 heteroatoms. The molecule has 0 unspecified atom stereocenters. The Labute approximate surface area is 139 Å². The SMILES string of the molecule is O=C([O-])C[C@H]([NH2+]Cc1ccco1)C(=O)OCCOc1ccccc1. The molecule has 1 heterocycles. The molecule has 0 saturated carbocycles. The summed E-state index contributed by atoms with van der Waals surface area (Å²) in [5, 5.41) is 12.4. The largest absolute Gasteiger partial charge is 0.550 e. The molecule has 0 fully saturated rings. The number of carbonyl (C=O) groups excluding carboxylic acids is 2. The first-order valence-electron chi connectivity index (χ1n) is 7.55. The zero-order valence-corrected chi connectivity index (χ0v) is 13.1. The number of quaternary nitrogens is 1. The second-order valence-corrected chi connectivity index (χ2v) is 5.03. The molecular weight excluding hydrogens is 314 g/mol. The number of hydrogen-bond acceptors (Lipinski definition) is 6. The Morgan fingerprint density at radius 2 is 1.92 bits per heavy atom. The van der Waals surface area contributed by atoms with Gasteiger partial charge >= 0.3 is 5.97 Å². The molecule has 1 aromatic carbocycles. The minimum Gasteiger partial charge on any atom is -0.550 e. The van der Waals surface area contributed by atoms with Gasteiger partial charge in [0.2, 0.25) is 0 Å². The lowest BCUT2D eigenvalue weighted by atomic mass is 10.2. The van der Waals surface area contributed by atoms with E-state index in [1.807, 2.05) is 18.2 Å². The fourth-order valence-corrected chi connectivity index (χ4v) is 2.06. The summed E-state index contributed by atoms with van der Waals surface area (Å²) in [6.45, 7) is 0.554. The van der Waals surface area contributed by atoms with Gasteiger partial charge in [0.05, 0.1) is 12.7 Å². The van der Waals surface area contributed by atoms with Gasteiger partial charge < -0.3 is 29.1 Å².